The van der Waals surface area contributed by atoms with Gasteiger partial charge in [0.1, 0.15) is 0 Å². The Balaban J connectivity index is 3.19. The summed E-state index contributed by atoms with van der Waals surface area (Å²) >= 11 is 0. The van der Waals surface area contributed by atoms with Gasteiger partial charge in [-0.2, -0.15) is 0 Å². The van der Waals surface area contributed by atoms with Gasteiger partial charge in [0.05, 0.1) is 6.61 Å². The number of hydrogen-bond acceptors (Lipinski definition) is 2. The van der Waals surface area contributed by atoms with Crippen molar-refractivity contribution in [1.29, 1.82) is 0 Å². The number of hydrogen-bond donors (Lipinski definition) is 1. The molecule has 0 radical (unpaired) electrons. The third-order valence-corrected chi connectivity index (χ3v) is 0.818. The molecule has 0 aliphatic carbocycles. The zero-order valence-electron chi connectivity index (χ0n) is 6.21. The van der Waals surface area contributed by atoms with E-state index in [2.05, 4.69) is 12.1 Å². The molecule has 0 aromatic carbocycles. The number of nitrogens with one attached hydrogen (secondary N) is 1. The fraction of sp³-hybridized carbons (Fsp3) is 0.250. The standard InChI is InChI=1S/C8H13NO/c1-3-4-5-6-7-8-10-9-2/h3-7,9H,1,8H2,2H3/b5-4-,7-6+. The summed E-state index contributed by atoms with van der Waals surface area (Å²) in [6.45, 7) is 4.11. The van der Waals surface area contributed by atoms with Crippen LogP contribution < -0.4 is 5.48 Å². The minimum absolute atomic E-state index is 0.581. The molecule has 2 heteroatoms. The van der Waals surface area contributed by atoms with Gasteiger partial charge in [-0.15, -0.1) is 0 Å². The molecule has 2 nitrogen and oxygen atoms in total. The maximum absolute atomic E-state index is 4.82. The van der Waals surface area contributed by atoms with Crippen LogP contribution >= 0.6 is 0 Å². The van der Waals surface area contributed by atoms with E-state index in [9.17, 15) is 0 Å². The molecule has 0 aromatic rings. The van der Waals surface area contributed by atoms with E-state index in [-0.39, 0.29) is 0 Å². The summed E-state index contributed by atoms with van der Waals surface area (Å²) in [6.07, 6.45) is 9.28. The van der Waals surface area contributed by atoms with E-state index in [4.69, 9.17) is 4.84 Å². The molecule has 0 aliphatic rings. The highest BCUT2D eigenvalue weighted by atomic mass is 16.6. The molecule has 0 spiro atoms. The minimum atomic E-state index is 0.581. The average molecular weight is 139 g/mol. The highest BCUT2D eigenvalue weighted by Gasteiger charge is 1.70. The Morgan fingerprint density at radius 3 is 2.80 bits per heavy atom. The lowest BCUT2D eigenvalue weighted by Crippen LogP contribution is -2.06. The highest BCUT2D eigenvalue weighted by Crippen LogP contribution is 1.77. The van der Waals surface area contributed by atoms with E-state index in [1.165, 1.54) is 0 Å². The predicted molar refractivity (Wildman–Crippen MR) is 43.5 cm³/mol. The molecule has 0 fully saturated rings. The zero-order valence-corrected chi connectivity index (χ0v) is 6.21. The second-order valence-corrected chi connectivity index (χ2v) is 1.56. The zero-order chi connectivity index (χ0) is 7.66. The van der Waals surface area contributed by atoms with Gasteiger partial charge in [0.15, 0.2) is 0 Å². The molecular weight excluding hydrogens is 126 g/mol. The van der Waals surface area contributed by atoms with Gasteiger partial charge in [0, 0.05) is 7.05 Å². The van der Waals surface area contributed by atoms with Gasteiger partial charge in [-0.1, -0.05) is 37.0 Å². The molecule has 0 bridgehead atoms. The van der Waals surface area contributed by atoms with Gasteiger partial charge in [0.25, 0.3) is 0 Å². The Morgan fingerprint density at radius 2 is 2.20 bits per heavy atom. The van der Waals surface area contributed by atoms with Gasteiger partial charge >= 0.3 is 0 Å². The fourth-order valence-corrected chi connectivity index (χ4v) is 0.408. The van der Waals surface area contributed by atoms with Crippen LogP contribution in [-0.4, -0.2) is 13.7 Å². The van der Waals surface area contributed by atoms with Crippen LogP contribution in [0.25, 0.3) is 0 Å². The van der Waals surface area contributed by atoms with Crippen molar-refractivity contribution in [3.8, 4) is 0 Å². The summed E-state index contributed by atoms with van der Waals surface area (Å²) in [4.78, 5) is 4.82. The van der Waals surface area contributed by atoms with Crippen LogP contribution in [0.4, 0.5) is 0 Å². The maximum atomic E-state index is 4.82. The van der Waals surface area contributed by atoms with E-state index in [0.717, 1.165) is 0 Å². The molecule has 0 atom stereocenters. The summed E-state index contributed by atoms with van der Waals surface area (Å²) in [6, 6.07) is 0. The second-order valence-electron chi connectivity index (χ2n) is 1.56. The fourth-order valence-electron chi connectivity index (χ4n) is 0.408. The Kier molecular flexibility index (Phi) is 7.44. The molecule has 0 saturated carbocycles. The normalized spacial score (nSPS) is 11.3. The van der Waals surface area contributed by atoms with Crippen molar-refractivity contribution >= 4 is 0 Å². The van der Waals surface area contributed by atoms with E-state index in [1.807, 2.05) is 24.3 Å². The van der Waals surface area contributed by atoms with E-state index in [1.54, 1.807) is 13.1 Å². The largest absolute Gasteiger partial charge is 0.298 e. The number of rotatable bonds is 5. The van der Waals surface area contributed by atoms with Crippen LogP contribution in [0, 0.1) is 0 Å². The number of hydroxylamine groups is 1. The molecule has 0 amide bonds. The molecular formula is C8H13NO. The smallest absolute Gasteiger partial charge is 0.0866 e. The molecule has 0 saturated heterocycles. The third kappa shape index (κ3) is 7.14. The topological polar surface area (TPSA) is 21.3 Å². The first-order chi connectivity index (χ1) is 4.91. The average Bonchev–Trinajstić information content (AvgIpc) is 1.97. The lowest BCUT2D eigenvalue weighted by atomic mass is 10.4. The van der Waals surface area contributed by atoms with Crippen molar-refractivity contribution in [3.05, 3.63) is 37.0 Å². The second kappa shape index (κ2) is 8.14. The summed E-state index contributed by atoms with van der Waals surface area (Å²) in [5, 5.41) is 0. The van der Waals surface area contributed by atoms with Crippen LogP contribution in [-0.2, 0) is 4.84 Å². The van der Waals surface area contributed by atoms with Gasteiger partial charge in [-0.25, -0.2) is 5.48 Å². The van der Waals surface area contributed by atoms with Crippen LogP contribution in [0.5, 0.6) is 0 Å². The predicted octanol–water partition coefficient (Wildman–Crippen LogP) is 1.44. The van der Waals surface area contributed by atoms with Gasteiger partial charge in [0.2, 0.25) is 0 Å². The molecule has 0 unspecified atom stereocenters. The summed E-state index contributed by atoms with van der Waals surface area (Å²) in [5.41, 5.74) is 2.56. The van der Waals surface area contributed by atoms with E-state index in [0.29, 0.717) is 6.61 Å². The number of allylic oxidation sites excluding steroid dienone is 4. The summed E-state index contributed by atoms with van der Waals surface area (Å²) in [5.74, 6) is 0. The molecule has 1 N–H and O–H groups in total. The first-order valence-corrected chi connectivity index (χ1v) is 3.14. The van der Waals surface area contributed by atoms with Crippen molar-refractivity contribution in [2.45, 2.75) is 0 Å². The molecule has 10 heavy (non-hydrogen) atoms. The molecule has 0 aromatic heterocycles. The van der Waals surface area contributed by atoms with Crippen LogP contribution in [0.3, 0.4) is 0 Å². The minimum Gasteiger partial charge on any atom is -0.298 e. The monoisotopic (exact) mass is 139 g/mol. The van der Waals surface area contributed by atoms with Crippen molar-refractivity contribution in [3.63, 3.8) is 0 Å². The Labute approximate surface area is 61.8 Å². The lowest BCUT2D eigenvalue weighted by Gasteiger charge is -1.91. The lowest BCUT2D eigenvalue weighted by molar-refractivity contribution is 0.0811. The quantitative estimate of drug-likeness (QED) is 0.353. The van der Waals surface area contributed by atoms with Crippen molar-refractivity contribution in [2.24, 2.45) is 0 Å². The molecule has 0 rings (SSSR count). The van der Waals surface area contributed by atoms with E-state index >= 15 is 0 Å². The van der Waals surface area contributed by atoms with Crippen molar-refractivity contribution in [2.75, 3.05) is 13.7 Å². The third-order valence-electron chi connectivity index (χ3n) is 0.818. The summed E-state index contributed by atoms with van der Waals surface area (Å²) < 4.78 is 0. The Bertz CT molecular complexity index is 127. The van der Waals surface area contributed by atoms with Crippen molar-refractivity contribution in [1.82, 2.24) is 5.48 Å². The van der Waals surface area contributed by atoms with Gasteiger partial charge in [-0.05, 0) is 0 Å². The Morgan fingerprint density at radius 1 is 1.40 bits per heavy atom. The molecule has 56 valence electrons. The van der Waals surface area contributed by atoms with E-state index < -0.39 is 0 Å². The van der Waals surface area contributed by atoms with Crippen molar-refractivity contribution < 1.29 is 4.84 Å². The first-order valence-electron chi connectivity index (χ1n) is 3.14. The Hall–Kier alpha value is -0.860. The van der Waals surface area contributed by atoms with Crippen LogP contribution in [0.2, 0.25) is 0 Å². The SMILES string of the molecule is C=C/C=C\C=C\CONC. The van der Waals surface area contributed by atoms with Crippen LogP contribution in [0.1, 0.15) is 0 Å². The molecule has 0 aliphatic heterocycles. The first kappa shape index (κ1) is 9.14. The van der Waals surface area contributed by atoms with Gasteiger partial charge in [-0.3, -0.25) is 4.84 Å². The summed E-state index contributed by atoms with van der Waals surface area (Å²) in [7, 11) is 1.73. The maximum Gasteiger partial charge on any atom is 0.0866 e. The van der Waals surface area contributed by atoms with Crippen LogP contribution in [0.15, 0.2) is 37.0 Å². The highest BCUT2D eigenvalue weighted by molar-refractivity contribution is 5.08. The van der Waals surface area contributed by atoms with Gasteiger partial charge < -0.3 is 0 Å². The molecule has 0 heterocycles.